The molecule has 16 heteroatoms. The zero-order valence-corrected chi connectivity index (χ0v) is 33.3. The van der Waals surface area contributed by atoms with E-state index in [1.807, 2.05) is 25.3 Å². The second-order valence-electron chi connectivity index (χ2n) is 14.3. The van der Waals surface area contributed by atoms with Gasteiger partial charge >= 0.3 is 13.3 Å². The second kappa shape index (κ2) is 17.1. The van der Waals surface area contributed by atoms with Crippen LogP contribution in [0, 0.1) is 0 Å². The molecule has 5 heterocycles. The number of nitrogens with zero attached hydrogens (tertiary/aromatic N) is 3. The summed E-state index contributed by atoms with van der Waals surface area (Å²) >= 11 is 2.00. The highest BCUT2D eigenvalue weighted by atomic mass is 32.2. The highest BCUT2D eigenvalue weighted by Gasteiger charge is 2.57. The van der Waals surface area contributed by atoms with Crippen LogP contribution in [0.1, 0.15) is 78.6 Å². The van der Waals surface area contributed by atoms with Gasteiger partial charge in [-0.3, -0.25) is 28.7 Å². The standard InChI is InChI=1S/C40H43F2N4O7PS2/c1-2-8-36(47)55-20-19-52-54(51,53-31-11-4-3-5-12-31)40(41,42)29-14-17-34-27(21-29)22-35(56-34)37(48)44-32-13-6-10-30-15-16-33(46(30)38(32)49)39(50)45-24-28(25-45)26-9-7-18-43-23-26/h3-5,7,9,11-12,14,17-18,21-23,28,30,32-33H,2,6,8,10,13,15-16,19-20,24-25H2,1H3,(H,44,48)/t30-,32?,33-,54?/m0/s1. The monoisotopic (exact) mass is 824 g/mol. The molecule has 3 aliphatic rings. The first-order valence-corrected chi connectivity index (χ1v) is 22.2. The number of thiophene rings is 1. The molecule has 0 spiro atoms. The van der Waals surface area contributed by atoms with Gasteiger partial charge in [0.1, 0.15) is 17.8 Å². The van der Waals surface area contributed by atoms with Crippen LogP contribution in [0.15, 0.2) is 79.1 Å². The Bertz CT molecular complexity index is 2120. The lowest BCUT2D eigenvalue weighted by molar-refractivity contribution is -0.148. The number of halogens is 2. The van der Waals surface area contributed by atoms with Gasteiger partial charge in [0.2, 0.25) is 11.8 Å². The molecule has 2 unspecified atom stereocenters. The van der Waals surface area contributed by atoms with E-state index in [1.54, 1.807) is 34.2 Å². The number of nitrogens with one attached hydrogen (secondary N) is 1. The Labute approximate surface area is 332 Å². The summed E-state index contributed by atoms with van der Waals surface area (Å²) in [6.45, 7) is 2.58. The van der Waals surface area contributed by atoms with Gasteiger partial charge in [0.25, 0.3) is 5.91 Å². The van der Waals surface area contributed by atoms with Crippen molar-refractivity contribution < 1.29 is 41.6 Å². The Kier molecular flexibility index (Phi) is 12.3. The fourth-order valence-corrected chi connectivity index (χ4v) is 10.9. The van der Waals surface area contributed by atoms with Crippen molar-refractivity contribution in [2.75, 3.05) is 25.4 Å². The van der Waals surface area contributed by atoms with Crippen LogP contribution in [0.4, 0.5) is 8.78 Å². The Hall–Kier alpha value is -4.17. The lowest BCUT2D eigenvalue weighted by Gasteiger charge is -2.42. The second-order valence-corrected chi connectivity index (χ2v) is 18.5. The number of benzene rings is 2. The number of aromatic nitrogens is 1. The van der Waals surface area contributed by atoms with Crippen LogP contribution in [0.2, 0.25) is 0 Å². The van der Waals surface area contributed by atoms with Gasteiger partial charge < -0.3 is 19.6 Å². The summed E-state index contributed by atoms with van der Waals surface area (Å²) < 4.78 is 57.8. The Morgan fingerprint density at radius 3 is 2.59 bits per heavy atom. The molecule has 3 amide bonds. The average molecular weight is 825 g/mol. The zero-order valence-electron chi connectivity index (χ0n) is 30.8. The lowest BCUT2D eigenvalue weighted by Crippen LogP contribution is -2.58. The smallest absolute Gasteiger partial charge is 0.420 e. The molecule has 3 saturated heterocycles. The quantitative estimate of drug-likeness (QED) is 0.0993. The number of pyridine rings is 1. The minimum atomic E-state index is -5.22. The van der Waals surface area contributed by atoms with E-state index < -0.39 is 43.4 Å². The predicted octanol–water partition coefficient (Wildman–Crippen LogP) is 7.96. The van der Waals surface area contributed by atoms with Gasteiger partial charge in [-0.05, 0) is 85.9 Å². The molecule has 3 aliphatic heterocycles. The Morgan fingerprint density at radius 2 is 1.84 bits per heavy atom. The van der Waals surface area contributed by atoms with Crippen LogP contribution in [0.5, 0.6) is 5.75 Å². The number of fused-ring (bicyclic) bond motifs is 2. The molecule has 296 valence electrons. The van der Waals surface area contributed by atoms with Crippen molar-refractivity contribution in [1.82, 2.24) is 20.1 Å². The van der Waals surface area contributed by atoms with Crippen molar-refractivity contribution in [3.8, 4) is 5.75 Å². The first kappa shape index (κ1) is 40.0. The molecule has 11 nitrogen and oxygen atoms in total. The van der Waals surface area contributed by atoms with Crippen LogP contribution in [-0.2, 0) is 29.1 Å². The van der Waals surface area contributed by atoms with Crippen LogP contribution in [-0.4, -0.2) is 81.2 Å². The fourth-order valence-electron chi connectivity index (χ4n) is 7.54. The SMILES string of the molecule is CCCC(=O)SCCOP(=O)(Oc1ccccc1)C(F)(F)c1ccc2sc(C(=O)NC3CCC[C@H]4CC[C@@H](C(=O)N5CC(c6cccnc6)C5)N4C3=O)cc2c1. The summed E-state index contributed by atoms with van der Waals surface area (Å²) in [5.41, 5.74) is -3.66. The number of rotatable bonds is 14. The summed E-state index contributed by atoms with van der Waals surface area (Å²) in [7, 11) is -5.22. The van der Waals surface area contributed by atoms with Crippen LogP contribution in [0.25, 0.3) is 10.1 Å². The summed E-state index contributed by atoms with van der Waals surface area (Å²) in [6, 6.07) is 15.1. The Balaban J connectivity index is 1.04. The molecule has 56 heavy (non-hydrogen) atoms. The van der Waals surface area contributed by atoms with Gasteiger partial charge in [0, 0.05) is 59.9 Å². The number of para-hydroxylation sites is 1. The molecule has 7 rings (SSSR count). The molecule has 1 N–H and O–H groups in total. The van der Waals surface area contributed by atoms with E-state index in [0.717, 1.165) is 53.6 Å². The van der Waals surface area contributed by atoms with Crippen molar-refractivity contribution in [2.24, 2.45) is 0 Å². The molecule has 0 bridgehead atoms. The van der Waals surface area contributed by atoms with Gasteiger partial charge in [-0.25, -0.2) is 4.57 Å². The van der Waals surface area contributed by atoms with E-state index in [-0.39, 0.29) is 45.3 Å². The lowest BCUT2D eigenvalue weighted by atomic mass is 9.92. The average Bonchev–Trinajstić information content (AvgIpc) is 3.77. The number of hydrogen-bond acceptors (Lipinski definition) is 10. The number of carbonyl (C=O) groups excluding carboxylic acids is 4. The molecular weight excluding hydrogens is 782 g/mol. The van der Waals surface area contributed by atoms with Gasteiger partial charge in [0.15, 0.2) is 5.12 Å². The molecule has 0 radical (unpaired) electrons. The summed E-state index contributed by atoms with van der Waals surface area (Å²) in [5, 5.41) is 3.06. The minimum absolute atomic E-state index is 0.0175. The van der Waals surface area contributed by atoms with Crippen molar-refractivity contribution in [3.63, 3.8) is 0 Å². The van der Waals surface area contributed by atoms with Crippen molar-refractivity contribution in [2.45, 2.75) is 81.6 Å². The number of hydrogen-bond donors (Lipinski definition) is 1. The number of alkyl halides is 2. The minimum Gasteiger partial charge on any atom is -0.420 e. The number of carbonyl (C=O) groups is 4. The molecule has 3 fully saturated rings. The van der Waals surface area contributed by atoms with Crippen molar-refractivity contribution in [3.05, 3.63) is 95.1 Å². The fraction of sp³-hybridized carbons (Fsp3) is 0.425. The molecular formula is C40H43F2N4O7PS2. The van der Waals surface area contributed by atoms with E-state index >= 15 is 8.78 Å². The summed E-state index contributed by atoms with van der Waals surface area (Å²) in [4.78, 5) is 61.2. The normalized spacial score (nSPS) is 21.2. The number of likely N-dealkylation sites (tertiary alicyclic amines) is 1. The number of amides is 3. The first-order valence-electron chi connectivity index (χ1n) is 18.9. The number of thioether (sulfide) groups is 1. The summed E-state index contributed by atoms with van der Waals surface area (Å²) in [5.74, 6) is -0.736. The first-order chi connectivity index (χ1) is 27.0. The van der Waals surface area contributed by atoms with Gasteiger partial charge in [-0.1, -0.05) is 49.0 Å². The highest BCUT2D eigenvalue weighted by molar-refractivity contribution is 8.13. The molecule has 4 atom stereocenters. The maximum atomic E-state index is 16.3. The third-order valence-electron chi connectivity index (χ3n) is 10.5. The van der Waals surface area contributed by atoms with Crippen molar-refractivity contribution >= 4 is 63.6 Å². The van der Waals surface area contributed by atoms with E-state index in [1.165, 1.54) is 24.3 Å². The third kappa shape index (κ3) is 8.41. The molecule has 0 saturated carbocycles. The van der Waals surface area contributed by atoms with E-state index in [9.17, 15) is 23.7 Å². The molecule has 4 aromatic rings. The van der Waals surface area contributed by atoms with Crippen LogP contribution in [0.3, 0.4) is 0 Å². The highest BCUT2D eigenvalue weighted by Crippen LogP contribution is 2.66. The van der Waals surface area contributed by atoms with E-state index in [4.69, 9.17) is 9.05 Å². The van der Waals surface area contributed by atoms with Crippen LogP contribution >= 0.6 is 30.7 Å². The zero-order chi connectivity index (χ0) is 39.5. The molecule has 2 aromatic carbocycles. The maximum Gasteiger partial charge on any atom is 0.453 e. The van der Waals surface area contributed by atoms with Gasteiger partial charge in [-0.2, -0.15) is 8.78 Å². The summed E-state index contributed by atoms with van der Waals surface area (Å²) in [6.07, 6.45) is 7.62. The van der Waals surface area contributed by atoms with Crippen LogP contribution < -0.4 is 9.84 Å². The van der Waals surface area contributed by atoms with E-state index in [2.05, 4.69) is 10.3 Å². The molecule has 0 aliphatic carbocycles. The third-order valence-corrected chi connectivity index (χ3v) is 14.4. The topological polar surface area (TPSA) is 135 Å². The van der Waals surface area contributed by atoms with Gasteiger partial charge in [0.05, 0.1) is 11.5 Å². The molecule has 2 aromatic heterocycles. The predicted molar refractivity (Wildman–Crippen MR) is 211 cm³/mol. The van der Waals surface area contributed by atoms with E-state index in [0.29, 0.717) is 55.3 Å². The Morgan fingerprint density at radius 1 is 1.04 bits per heavy atom. The maximum absolute atomic E-state index is 16.3. The largest absolute Gasteiger partial charge is 0.453 e. The van der Waals surface area contributed by atoms with Crippen molar-refractivity contribution in [1.29, 1.82) is 0 Å². The van der Waals surface area contributed by atoms with Gasteiger partial charge in [-0.15, -0.1) is 11.3 Å².